The van der Waals surface area contributed by atoms with Gasteiger partial charge in [0.25, 0.3) is 0 Å². The molecule has 0 radical (unpaired) electrons. The lowest BCUT2D eigenvalue weighted by Crippen LogP contribution is -2.33. The summed E-state index contributed by atoms with van der Waals surface area (Å²) >= 11 is 1.60. The summed E-state index contributed by atoms with van der Waals surface area (Å²) in [6.07, 6.45) is 0.572. The van der Waals surface area contributed by atoms with Crippen molar-refractivity contribution in [2.75, 3.05) is 6.54 Å². The minimum Gasteiger partial charge on any atom is -0.386 e. The Morgan fingerprint density at radius 3 is 2.61 bits per heavy atom. The van der Waals surface area contributed by atoms with Crippen molar-refractivity contribution in [2.24, 2.45) is 0 Å². The molecule has 0 saturated heterocycles. The third-order valence-corrected chi connectivity index (χ3v) is 3.97. The van der Waals surface area contributed by atoms with Gasteiger partial charge in [-0.1, -0.05) is 36.4 Å². The molecule has 0 fully saturated rings. The van der Waals surface area contributed by atoms with Crippen LogP contribution < -0.4 is 5.32 Å². The fourth-order valence-electron chi connectivity index (χ4n) is 1.91. The van der Waals surface area contributed by atoms with Crippen LogP contribution in [-0.2, 0) is 6.42 Å². The van der Waals surface area contributed by atoms with Gasteiger partial charge in [-0.05, 0) is 36.9 Å². The molecule has 2 unspecified atom stereocenters. The van der Waals surface area contributed by atoms with Crippen molar-refractivity contribution in [3.8, 4) is 0 Å². The summed E-state index contributed by atoms with van der Waals surface area (Å²) in [5.41, 5.74) is 1.32. The molecule has 0 aliphatic heterocycles. The monoisotopic (exact) mass is 261 g/mol. The van der Waals surface area contributed by atoms with E-state index in [0.717, 1.165) is 17.8 Å². The largest absolute Gasteiger partial charge is 0.386 e. The van der Waals surface area contributed by atoms with Gasteiger partial charge in [-0.25, -0.2) is 0 Å². The van der Waals surface area contributed by atoms with Gasteiger partial charge in [0, 0.05) is 10.9 Å². The van der Waals surface area contributed by atoms with E-state index in [2.05, 4.69) is 29.6 Å². The van der Waals surface area contributed by atoms with Gasteiger partial charge in [0.15, 0.2) is 0 Å². The summed E-state index contributed by atoms with van der Waals surface area (Å²) in [5, 5.41) is 15.5. The summed E-state index contributed by atoms with van der Waals surface area (Å²) in [6, 6.07) is 14.4. The van der Waals surface area contributed by atoms with Crippen molar-refractivity contribution in [1.29, 1.82) is 0 Å². The van der Waals surface area contributed by atoms with E-state index >= 15 is 0 Å². The first-order chi connectivity index (χ1) is 8.77. The van der Waals surface area contributed by atoms with Crippen LogP contribution in [0, 0.1) is 0 Å². The predicted octanol–water partition coefficient (Wildman–Crippen LogP) is 3.00. The molecule has 0 bridgehead atoms. The van der Waals surface area contributed by atoms with E-state index in [9.17, 15) is 5.11 Å². The predicted molar refractivity (Wildman–Crippen MR) is 76.9 cm³/mol. The zero-order valence-corrected chi connectivity index (χ0v) is 11.4. The number of thiophene rings is 1. The molecule has 0 spiro atoms. The first-order valence-corrected chi connectivity index (χ1v) is 7.14. The van der Waals surface area contributed by atoms with Crippen LogP contribution in [0.5, 0.6) is 0 Å². The summed E-state index contributed by atoms with van der Waals surface area (Å²) in [4.78, 5) is 1.02. The second-order valence-corrected chi connectivity index (χ2v) is 5.42. The lowest BCUT2D eigenvalue weighted by molar-refractivity contribution is 0.140. The van der Waals surface area contributed by atoms with E-state index in [0.29, 0.717) is 0 Å². The number of aliphatic hydroxyl groups excluding tert-OH is 1. The van der Waals surface area contributed by atoms with Crippen LogP contribution in [0.15, 0.2) is 47.8 Å². The molecule has 2 N–H and O–H groups in total. The quantitative estimate of drug-likeness (QED) is 0.838. The van der Waals surface area contributed by atoms with Crippen molar-refractivity contribution in [3.05, 3.63) is 58.3 Å². The van der Waals surface area contributed by atoms with Crippen molar-refractivity contribution in [1.82, 2.24) is 5.32 Å². The summed E-state index contributed by atoms with van der Waals surface area (Å²) in [6.45, 7) is 2.91. The molecular formula is C15H19NOS. The highest BCUT2D eigenvalue weighted by Gasteiger charge is 2.16. The van der Waals surface area contributed by atoms with Crippen LogP contribution in [0.4, 0.5) is 0 Å². The Labute approximate surface area is 112 Å². The molecule has 0 aliphatic carbocycles. The van der Waals surface area contributed by atoms with Crippen LogP contribution in [0.3, 0.4) is 0 Å². The molecule has 1 aromatic heterocycles. The SMILES string of the molecule is CC(NCCc1ccccc1)C(O)c1cccs1. The molecule has 0 amide bonds. The van der Waals surface area contributed by atoms with Crippen molar-refractivity contribution in [3.63, 3.8) is 0 Å². The second kappa shape index (κ2) is 6.69. The van der Waals surface area contributed by atoms with Gasteiger partial charge in [-0.2, -0.15) is 0 Å². The van der Waals surface area contributed by atoms with E-state index in [1.165, 1.54) is 5.56 Å². The van der Waals surface area contributed by atoms with Crippen molar-refractivity contribution in [2.45, 2.75) is 25.5 Å². The third-order valence-electron chi connectivity index (χ3n) is 3.03. The Hall–Kier alpha value is -1.16. The van der Waals surface area contributed by atoms with Crippen LogP contribution >= 0.6 is 11.3 Å². The Morgan fingerprint density at radius 2 is 1.94 bits per heavy atom. The van der Waals surface area contributed by atoms with E-state index in [1.807, 2.05) is 30.5 Å². The number of benzene rings is 1. The van der Waals surface area contributed by atoms with Gasteiger partial charge in [0.1, 0.15) is 6.10 Å². The topological polar surface area (TPSA) is 32.3 Å². The van der Waals surface area contributed by atoms with Crippen molar-refractivity contribution < 1.29 is 5.11 Å². The van der Waals surface area contributed by atoms with Crippen LogP contribution in [0.1, 0.15) is 23.5 Å². The molecule has 96 valence electrons. The Bertz CT molecular complexity index is 441. The fraction of sp³-hybridized carbons (Fsp3) is 0.333. The van der Waals surface area contributed by atoms with Gasteiger partial charge >= 0.3 is 0 Å². The molecule has 2 rings (SSSR count). The van der Waals surface area contributed by atoms with Gasteiger partial charge in [-0.15, -0.1) is 11.3 Å². The summed E-state index contributed by atoms with van der Waals surface area (Å²) in [5.74, 6) is 0. The van der Waals surface area contributed by atoms with Gasteiger partial charge < -0.3 is 10.4 Å². The molecule has 3 heteroatoms. The van der Waals surface area contributed by atoms with Crippen molar-refractivity contribution >= 4 is 11.3 Å². The van der Waals surface area contributed by atoms with Crippen LogP contribution in [0.25, 0.3) is 0 Å². The van der Waals surface area contributed by atoms with E-state index in [-0.39, 0.29) is 6.04 Å². The normalized spacial score (nSPS) is 14.3. The molecule has 2 aromatic rings. The van der Waals surface area contributed by atoms with Gasteiger partial charge in [-0.3, -0.25) is 0 Å². The van der Waals surface area contributed by atoms with E-state index in [1.54, 1.807) is 11.3 Å². The first-order valence-electron chi connectivity index (χ1n) is 6.26. The summed E-state index contributed by atoms with van der Waals surface area (Å²) < 4.78 is 0. The van der Waals surface area contributed by atoms with Crippen LogP contribution in [-0.4, -0.2) is 17.7 Å². The number of nitrogens with one attached hydrogen (secondary N) is 1. The van der Waals surface area contributed by atoms with Crippen LogP contribution in [0.2, 0.25) is 0 Å². The Morgan fingerprint density at radius 1 is 1.17 bits per heavy atom. The number of rotatable bonds is 6. The highest BCUT2D eigenvalue weighted by molar-refractivity contribution is 7.10. The van der Waals surface area contributed by atoms with E-state index in [4.69, 9.17) is 0 Å². The molecule has 0 saturated carbocycles. The molecule has 18 heavy (non-hydrogen) atoms. The Balaban J connectivity index is 1.77. The average molecular weight is 261 g/mol. The molecule has 2 nitrogen and oxygen atoms in total. The van der Waals surface area contributed by atoms with Gasteiger partial charge in [0.2, 0.25) is 0 Å². The molecule has 2 atom stereocenters. The fourth-order valence-corrected chi connectivity index (χ4v) is 2.72. The highest BCUT2D eigenvalue weighted by Crippen LogP contribution is 2.21. The average Bonchev–Trinajstić information content (AvgIpc) is 2.93. The standard InChI is InChI=1S/C15H19NOS/c1-12(15(17)14-8-5-11-18-14)16-10-9-13-6-3-2-4-7-13/h2-8,11-12,15-17H,9-10H2,1H3. The lowest BCUT2D eigenvalue weighted by Gasteiger charge is -2.19. The molecule has 1 heterocycles. The maximum atomic E-state index is 10.1. The lowest BCUT2D eigenvalue weighted by atomic mass is 10.1. The molecule has 0 aliphatic rings. The maximum Gasteiger partial charge on any atom is 0.103 e. The third kappa shape index (κ3) is 3.67. The van der Waals surface area contributed by atoms with E-state index < -0.39 is 6.10 Å². The summed E-state index contributed by atoms with van der Waals surface area (Å²) in [7, 11) is 0. The number of aliphatic hydroxyl groups is 1. The maximum absolute atomic E-state index is 10.1. The van der Waals surface area contributed by atoms with Gasteiger partial charge in [0.05, 0.1) is 0 Å². The number of hydrogen-bond donors (Lipinski definition) is 2. The minimum absolute atomic E-state index is 0.0763. The smallest absolute Gasteiger partial charge is 0.103 e. The highest BCUT2D eigenvalue weighted by atomic mass is 32.1. The zero-order valence-electron chi connectivity index (χ0n) is 10.5. The molecular weight excluding hydrogens is 242 g/mol. The first kappa shape index (κ1) is 13.3. The Kier molecular flexibility index (Phi) is 4.93. The number of hydrogen-bond acceptors (Lipinski definition) is 3. The zero-order chi connectivity index (χ0) is 12.8. The molecule has 1 aromatic carbocycles. The second-order valence-electron chi connectivity index (χ2n) is 4.44. The minimum atomic E-state index is -0.416.